The summed E-state index contributed by atoms with van der Waals surface area (Å²) in [5, 5.41) is 9.88. The van der Waals surface area contributed by atoms with Crippen molar-refractivity contribution in [2.45, 2.75) is 12.8 Å². The highest BCUT2D eigenvalue weighted by Gasteiger charge is 2.36. The molecule has 1 atom stereocenters. The van der Waals surface area contributed by atoms with Crippen LogP contribution < -0.4 is 20.5 Å². The van der Waals surface area contributed by atoms with E-state index in [0.29, 0.717) is 14.8 Å². The summed E-state index contributed by atoms with van der Waals surface area (Å²) in [5.41, 5.74) is 7.49. The van der Waals surface area contributed by atoms with Crippen LogP contribution in [0.25, 0.3) is 17.5 Å². The maximum atomic E-state index is 13.2. The summed E-state index contributed by atoms with van der Waals surface area (Å²) in [5.74, 6) is -1.41. The van der Waals surface area contributed by atoms with Crippen LogP contribution in [0.5, 0.6) is 0 Å². The van der Waals surface area contributed by atoms with Gasteiger partial charge in [0.15, 0.2) is 0 Å². The van der Waals surface area contributed by atoms with Gasteiger partial charge in [0.1, 0.15) is 10.5 Å². The maximum absolute atomic E-state index is 13.2. The fourth-order valence-electron chi connectivity index (χ4n) is 3.45. The zero-order valence-corrected chi connectivity index (χ0v) is 17.3. The lowest BCUT2D eigenvalue weighted by Gasteiger charge is -2.24. The number of carbonyl (C=O) groups excluding carboxylic acids is 1. The number of carbonyl (C=O) groups is 1. The minimum Gasteiger partial charge on any atom is -0.463 e. The van der Waals surface area contributed by atoms with Gasteiger partial charge < -0.3 is 10.5 Å². The van der Waals surface area contributed by atoms with E-state index >= 15 is 0 Å². The van der Waals surface area contributed by atoms with E-state index < -0.39 is 17.4 Å². The van der Waals surface area contributed by atoms with Gasteiger partial charge in [-0.1, -0.05) is 12.1 Å². The van der Waals surface area contributed by atoms with Gasteiger partial charge in [-0.15, -0.1) is 11.3 Å². The van der Waals surface area contributed by atoms with Crippen LogP contribution in [0.4, 0.5) is 0 Å². The molecule has 3 aromatic rings. The molecule has 0 bridgehead atoms. The SMILES string of the molecule is CCOC(=O)C1=c2sc(=Cc3cccnc3)c(=O)n2C(N)=C(C#N)[C@@H]1c1cccnc1. The minimum atomic E-state index is -0.790. The molecule has 0 aromatic carbocycles. The number of thiazole rings is 1. The van der Waals surface area contributed by atoms with Gasteiger partial charge in [0.05, 0.1) is 34.3 Å². The Morgan fingerprint density at radius 1 is 1.32 bits per heavy atom. The summed E-state index contributed by atoms with van der Waals surface area (Å²) in [4.78, 5) is 34.4. The molecule has 154 valence electrons. The molecule has 1 aliphatic heterocycles. The number of pyridine rings is 2. The number of hydrogen-bond acceptors (Lipinski definition) is 8. The monoisotopic (exact) mass is 431 g/mol. The summed E-state index contributed by atoms with van der Waals surface area (Å²) in [6.45, 7) is 1.84. The van der Waals surface area contributed by atoms with Crippen LogP contribution in [0.2, 0.25) is 0 Å². The molecule has 0 aliphatic carbocycles. The molecule has 1 aliphatic rings. The first-order valence-corrected chi connectivity index (χ1v) is 10.2. The van der Waals surface area contributed by atoms with Gasteiger partial charge in [-0.3, -0.25) is 19.3 Å². The molecule has 0 saturated carbocycles. The first-order chi connectivity index (χ1) is 15.1. The molecule has 2 N–H and O–H groups in total. The van der Waals surface area contributed by atoms with Crippen molar-refractivity contribution in [1.82, 2.24) is 14.5 Å². The number of hydrogen-bond donors (Lipinski definition) is 1. The van der Waals surface area contributed by atoms with E-state index in [-0.39, 0.29) is 23.6 Å². The van der Waals surface area contributed by atoms with Crippen molar-refractivity contribution in [2.24, 2.45) is 5.73 Å². The number of allylic oxidation sites excluding steroid dienone is 1. The topological polar surface area (TPSA) is 124 Å². The number of nitrogens with zero attached hydrogens (tertiary/aromatic N) is 4. The number of nitrogens with two attached hydrogens (primary N) is 1. The standard InChI is InChI=1S/C22H17N5O3S/c1-2-30-22(29)18-17(14-6-4-8-26-12-14)15(10-23)19(24)27-20(28)16(31-21(18)27)9-13-5-3-7-25-11-13/h3-9,11-12,17H,2,24H2,1H3/t17-/m0/s1. The molecular formula is C22H17N5O3S. The molecule has 0 spiro atoms. The zero-order chi connectivity index (χ0) is 22.0. The van der Waals surface area contributed by atoms with E-state index in [1.54, 1.807) is 56.0 Å². The van der Waals surface area contributed by atoms with Crippen molar-refractivity contribution in [1.29, 1.82) is 5.26 Å². The highest BCUT2D eigenvalue weighted by atomic mass is 32.1. The van der Waals surface area contributed by atoms with Crippen LogP contribution in [-0.2, 0) is 9.53 Å². The van der Waals surface area contributed by atoms with Gasteiger partial charge in [0, 0.05) is 24.8 Å². The van der Waals surface area contributed by atoms with Crippen LogP contribution in [0.3, 0.4) is 0 Å². The van der Waals surface area contributed by atoms with Gasteiger partial charge in [0.25, 0.3) is 5.56 Å². The Hall–Kier alpha value is -4.03. The van der Waals surface area contributed by atoms with Crippen LogP contribution >= 0.6 is 11.3 Å². The van der Waals surface area contributed by atoms with Gasteiger partial charge >= 0.3 is 5.97 Å². The molecule has 0 unspecified atom stereocenters. The smallest absolute Gasteiger partial charge is 0.338 e. The number of ether oxygens (including phenoxy) is 1. The Bertz CT molecular complexity index is 1400. The summed E-state index contributed by atoms with van der Waals surface area (Å²) >= 11 is 1.12. The quantitative estimate of drug-likeness (QED) is 0.603. The summed E-state index contributed by atoms with van der Waals surface area (Å²) in [6, 6.07) is 9.11. The van der Waals surface area contributed by atoms with Crippen molar-refractivity contribution in [3.05, 3.63) is 85.3 Å². The number of fused-ring (bicyclic) bond motifs is 1. The Morgan fingerprint density at radius 3 is 2.68 bits per heavy atom. The largest absolute Gasteiger partial charge is 0.463 e. The fraction of sp³-hybridized carbons (Fsp3) is 0.136. The Kier molecular flexibility index (Phi) is 5.47. The highest BCUT2D eigenvalue weighted by molar-refractivity contribution is 7.07. The molecule has 4 rings (SSSR count). The van der Waals surface area contributed by atoms with Gasteiger partial charge in [-0.05, 0) is 36.3 Å². The normalized spacial score (nSPS) is 16.1. The van der Waals surface area contributed by atoms with Crippen LogP contribution in [-0.4, -0.2) is 27.1 Å². The molecule has 3 aromatic heterocycles. The first-order valence-electron chi connectivity index (χ1n) is 9.41. The molecule has 8 nitrogen and oxygen atoms in total. The van der Waals surface area contributed by atoms with E-state index in [2.05, 4.69) is 16.0 Å². The van der Waals surface area contributed by atoms with Crippen LogP contribution in [0, 0.1) is 11.3 Å². The number of rotatable bonds is 4. The Morgan fingerprint density at radius 2 is 2.06 bits per heavy atom. The van der Waals surface area contributed by atoms with E-state index in [4.69, 9.17) is 10.5 Å². The molecule has 0 amide bonds. The molecule has 0 saturated heterocycles. The van der Waals surface area contributed by atoms with Crippen molar-refractivity contribution < 1.29 is 9.53 Å². The van der Waals surface area contributed by atoms with Crippen molar-refractivity contribution in [3.63, 3.8) is 0 Å². The maximum Gasteiger partial charge on any atom is 0.338 e. The molecule has 0 radical (unpaired) electrons. The van der Waals surface area contributed by atoms with E-state index in [1.165, 1.54) is 4.57 Å². The molecule has 9 heteroatoms. The van der Waals surface area contributed by atoms with Crippen LogP contribution in [0.15, 0.2) is 59.4 Å². The molecule has 31 heavy (non-hydrogen) atoms. The van der Waals surface area contributed by atoms with Gasteiger partial charge in [-0.2, -0.15) is 5.26 Å². The van der Waals surface area contributed by atoms with Crippen molar-refractivity contribution in [3.8, 4) is 6.07 Å². The lowest BCUT2D eigenvalue weighted by molar-refractivity contribution is -0.136. The lowest BCUT2D eigenvalue weighted by Crippen LogP contribution is -2.40. The summed E-state index contributed by atoms with van der Waals surface area (Å²) in [7, 11) is 0. The zero-order valence-electron chi connectivity index (χ0n) is 16.5. The van der Waals surface area contributed by atoms with Gasteiger partial charge in [0.2, 0.25) is 0 Å². The molecule has 4 heterocycles. The van der Waals surface area contributed by atoms with E-state index in [0.717, 1.165) is 16.9 Å². The Labute approximate surface area is 180 Å². The predicted octanol–water partition coefficient (Wildman–Crippen LogP) is 0.691. The third-order valence-electron chi connectivity index (χ3n) is 4.76. The average molecular weight is 431 g/mol. The second-order valence-electron chi connectivity index (χ2n) is 6.61. The molecular weight excluding hydrogens is 414 g/mol. The number of nitriles is 1. The van der Waals surface area contributed by atoms with E-state index in [1.807, 2.05) is 6.07 Å². The summed E-state index contributed by atoms with van der Waals surface area (Å²) < 4.78 is 7.20. The van der Waals surface area contributed by atoms with Crippen molar-refractivity contribution in [2.75, 3.05) is 6.61 Å². The van der Waals surface area contributed by atoms with Crippen molar-refractivity contribution >= 4 is 34.8 Å². The molecule has 0 fully saturated rings. The third kappa shape index (κ3) is 3.53. The van der Waals surface area contributed by atoms with Crippen LogP contribution in [0.1, 0.15) is 24.0 Å². The minimum absolute atomic E-state index is 0.00788. The van der Waals surface area contributed by atoms with E-state index in [9.17, 15) is 14.9 Å². The fourth-order valence-corrected chi connectivity index (χ4v) is 4.61. The third-order valence-corrected chi connectivity index (χ3v) is 5.87. The second kappa shape index (κ2) is 8.38. The van der Waals surface area contributed by atoms with Gasteiger partial charge in [-0.25, -0.2) is 4.79 Å². The Balaban J connectivity index is 2.10. The second-order valence-corrected chi connectivity index (χ2v) is 7.64. The highest BCUT2D eigenvalue weighted by Crippen LogP contribution is 2.36. The average Bonchev–Trinajstić information content (AvgIpc) is 3.11. The lowest BCUT2D eigenvalue weighted by atomic mass is 9.84. The predicted molar refractivity (Wildman–Crippen MR) is 116 cm³/mol. The number of esters is 1. The first kappa shape index (κ1) is 20.3. The summed E-state index contributed by atoms with van der Waals surface area (Å²) in [6.07, 6.45) is 8.09. The number of aromatic nitrogens is 3.